The van der Waals surface area contributed by atoms with Gasteiger partial charge >= 0.3 is 0 Å². The Morgan fingerprint density at radius 1 is 0.315 bits per heavy atom. The first-order valence-electron chi connectivity index (χ1n) is 18.5. The third kappa shape index (κ3) is 5.44. The summed E-state index contributed by atoms with van der Waals surface area (Å²) < 4.78 is 2.44. The number of anilines is 3. The lowest BCUT2D eigenvalue weighted by Crippen LogP contribution is -2.12. The van der Waals surface area contributed by atoms with Crippen LogP contribution in [-0.2, 0) is 0 Å². The molecule has 0 bridgehead atoms. The quantitative estimate of drug-likeness (QED) is 0.162. The van der Waals surface area contributed by atoms with Gasteiger partial charge in [-0.15, -0.1) is 0 Å². The van der Waals surface area contributed by atoms with Gasteiger partial charge in [0.2, 0.25) is 0 Å². The molecule has 0 radical (unpaired) electrons. The predicted octanol–water partition coefficient (Wildman–Crippen LogP) is 14.4. The lowest BCUT2D eigenvalue weighted by atomic mass is 9.98. The number of benzene rings is 9. The smallest absolute Gasteiger partial charge is 0.0568 e. The van der Waals surface area contributed by atoms with E-state index >= 15 is 0 Å². The van der Waals surface area contributed by atoms with Crippen LogP contribution in [0.1, 0.15) is 0 Å². The van der Waals surface area contributed by atoms with E-state index in [9.17, 15) is 0 Å². The summed E-state index contributed by atoms with van der Waals surface area (Å²) >= 11 is 0. The summed E-state index contributed by atoms with van der Waals surface area (Å²) in [5.41, 5.74) is 14.0. The molecule has 0 N–H and O–H groups in total. The van der Waals surface area contributed by atoms with Crippen molar-refractivity contribution in [2.24, 2.45) is 0 Å². The molecule has 1 aromatic heterocycles. The second-order valence-electron chi connectivity index (χ2n) is 13.7. The van der Waals surface area contributed by atoms with E-state index in [2.05, 4.69) is 228 Å². The van der Waals surface area contributed by atoms with Gasteiger partial charge in [0, 0.05) is 33.1 Å². The molecule has 0 fully saturated rings. The van der Waals surface area contributed by atoms with Gasteiger partial charge in [-0.05, 0) is 75.7 Å². The van der Waals surface area contributed by atoms with Crippen LogP contribution in [0.15, 0.2) is 218 Å². The third-order valence-corrected chi connectivity index (χ3v) is 10.6. The molecule has 0 atom stereocenters. The molecule has 1 heterocycles. The fourth-order valence-corrected chi connectivity index (χ4v) is 8.08. The second kappa shape index (κ2) is 13.4. The molecule has 0 spiro atoms. The molecule has 0 amide bonds. The predicted molar refractivity (Wildman–Crippen MR) is 229 cm³/mol. The summed E-state index contributed by atoms with van der Waals surface area (Å²) in [6, 6.07) is 78.9. The average molecular weight is 689 g/mol. The molecule has 0 aliphatic heterocycles. The molecule has 254 valence electrons. The van der Waals surface area contributed by atoms with Gasteiger partial charge in [0.1, 0.15) is 0 Å². The zero-order valence-electron chi connectivity index (χ0n) is 29.7. The first-order valence-corrected chi connectivity index (χ1v) is 18.5. The topological polar surface area (TPSA) is 8.17 Å². The van der Waals surface area contributed by atoms with E-state index in [-0.39, 0.29) is 0 Å². The van der Waals surface area contributed by atoms with Crippen molar-refractivity contribution in [3.8, 4) is 39.1 Å². The molecule has 2 heteroatoms. The summed E-state index contributed by atoms with van der Waals surface area (Å²) in [6.07, 6.45) is 0. The number of rotatable bonds is 7. The van der Waals surface area contributed by atoms with Crippen molar-refractivity contribution in [3.05, 3.63) is 218 Å². The van der Waals surface area contributed by atoms with Crippen molar-refractivity contribution >= 4 is 49.6 Å². The minimum absolute atomic E-state index is 1.09. The van der Waals surface area contributed by atoms with Crippen LogP contribution in [0.5, 0.6) is 0 Å². The molecular weight excluding hydrogens is 653 g/mol. The molecule has 0 aliphatic rings. The molecule has 10 aromatic rings. The minimum atomic E-state index is 1.09. The SMILES string of the molecule is c1ccc(-c2ccc(N(c3ccccc3-c3ccccc3)c3cc4c(c5ccccc35)c3ccccc3n4-c3ccc(-c4ccccc4)cc3)cc2)cc1. The van der Waals surface area contributed by atoms with Gasteiger partial charge < -0.3 is 9.47 Å². The Balaban J connectivity index is 1.26. The van der Waals surface area contributed by atoms with E-state index in [0.717, 1.165) is 22.7 Å². The Labute approximate surface area is 315 Å². The summed E-state index contributed by atoms with van der Waals surface area (Å²) in [6.45, 7) is 0. The normalized spacial score (nSPS) is 11.3. The van der Waals surface area contributed by atoms with E-state index < -0.39 is 0 Å². The van der Waals surface area contributed by atoms with Crippen LogP contribution in [0.3, 0.4) is 0 Å². The fraction of sp³-hybridized carbons (Fsp3) is 0. The minimum Gasteiger partial charge on any atom is -0.309 e. The molecular formula is C52H36N2. The van der Waals surface area contributed by atoms with Crippen molar-refractivity contribution in [1.82, 2.24) is 4.57 Å². The van der Waals surface area contributed by atoms with Gasteiger partial charge in [-0.25, -0.2) is 0 Å². The molecule has 0 saturated heterocycles. The maximum atomic E-state index is 2.46. The monoisotopic (exact) mass is 688 g/mol. The van der Waals surface area contributed by atoms with E-state index in [1.54, 1.807) is 0 Å². The highest BCUT2D eigenvalue weighted by Gasteiger charge is 2.23. The Hall–Kier alpha value is -7.16. The summed E-state index contributed by atoms with van der Waals surface area (Å²) in [7, 11) is 0. The first kappa shape index (κ1) is 31.6. The lowest BCUT2D eigenvalue weighted by molar-refractivity contribution is 1.18. The van der Waals surface area contributed by atoms with Gasteiger partial charge in [0.15, 0.2) is 0 Å². The lowest BCUT2D eigenvalue weighted by Gasteiger charge is -2.29. The largest absolute Gasteiger partial charge is 0.309 e. The summed E-state index contributed by atoms with van der Waals surface area (Å²) in [4.78, 5) is 2.46. The van der Waals surface area contributed by atoms with Gasteiger partial charge in [-0.1, -0.05) is 176 Å². The van der Waals surface area contributed by atoms with E-state index in [1.807, 2.05) is 0 Å². The van der Waals surface area contributed by atoms with E-state index in [4.69, 9.17) is 0 Å². The highest BCUT2D eigenvalue weighted by molar-refractivity contribution is 6.24. The highest BCUT2D eigenvalue weighted by atomic mass is 15.1. The first-order chi connectivity index (χ1) is 26.8. The van der Waals surface area contributed by atoms with Crippen LogP contribution in [0.4, 0.5) is 17.1 Å². The van der Waals surface area contributed by atoms with Crippen molar-refractivity contribution in [3.63, 3.8) is 0 Å². The molecule has 9 aromatic carbocycles. The van der Waals surface area contributed by atoms with Crippen molar-refractivity contribution in [2.75, 3.05) is 4.90 Å². The maximum absolute atomic E-state index is 2.46. The van der Waals surface area contributed by atoms with Gasteiger partial charge in [0.05, 0.1) is 22.4 Å². The number of fused-ring (bicyclic) bond motifs is 5. The molecule has 0 unspecified atom stereocenters. The number of hydrogen-bond donors (Lipinski definition) is 0. The van der Waals surface area contributed by atoms with Crippen molar-refractivity contribution in [1.29, 1.82) is 0 Å². The van der Waals surface area contributed by atoms with Gasteiger partial charge in [-0.2, -0.15) is 0 Å². The summed E-state index contributed by atoms with van der Waals surface area (Å²) in [5.74, 6) is 0. The number of aromatic nitrogens is 1. The second-order valence-corrected chi connectivity index (χ2v) is 13.7. The Bertz CT molecular complexity index is 2890. The molecule has 2 nitrogen and oxygen atoms in total. The summed E-state index contributed by atoms with van der Waals surface area (Å²) in [5, 5.41) is 4.92. The van der Waals surface area contributed by atoms with Crippen LogP contribution in [0, 0.1) is 0 Å². The van der Waals surface area contributed by atoms with Crippen LogP contribution in [0.2, 0.25) is 0 Å². The van der Waals surface area contributed by atoms with Crippen LogP contribution in [-0.4, -0.2) is 4.57 Å². The number of hydrogen-bond acceptors (Lipinski definition) is 1. The average Bonchev–Trinajstić information content (AvgIpc) is 3.59. The number of para-hydroxylation sites is 2. The number of nitrogens with zero attached hydrogens (tertiary/aromatic N) is 2. The van der Waals surface area contributed by atoms with Crippen molar-refractivity contribution < 1.29 is 0 Å². The van der Waals surface area contributed by atoms with Crippen LogP contribution in [0.25, 0.3) is 71.6 Å². The molecule has 54 heavy (non-hydrogen) atoms. The van der Waals surface area contributed by atoms with Gasteiger partial charge in [-0.3, -0.25) is 0 Å². The van der Waals surface area contributed by atoms with Crippen LogP contribution < -0.4 is 4.90 Å². The highest BCUT2D eigenvalue weighted by Crippen LogP contribution is 2.47. The Morgan fingerprint density at radius 2 is 0.796 bits per heavy atom. The van der Waals surface area contributed by atoms with E-state index in [1.165, 1.54) is 66.0 Å². The molecule has 0 aliphatic carbocycles. The zero-order chi connectivity index (χ0) is 35.8. The fourth-order valence-electron chi connectivity index (χ4n) is 8.08. The van der Waals surface area contributed by atoms with Crippen molar-refractivity contribution in [2.45, 2.75) is 0 Å². The van der Waals surface area contributed by atoms with Gasteiger partial charge in [0.25, 0.3) is 0 Å². The third-order valence-electron chi connectivity index (χ3n) is 10.6. The Morgan fingerprint density at radius 3 is 1.44 bits per heavy atom. The standard InChI is InChI=1S/C52H36N2/c1-4-16-37(17-5-1)39-28-32-42(33-29-39)53(48-26-14-12-22-44(48)41-20-8-3-9-21-41)50-36-51-52(46-24-11-10-23-45(46)50)47-25-13-15-27-49(47)54(51)43-34-30-40(31-35-43)38-18-6-2-7-19-38/h1-36H. The zero-order valence-corrected chi connectivity index (χ0v) is 29.7. The van der Waals surface area contributed by atoms with Crippen LogP contribution >= 0.6 is 0 Å². The Kier molecular flexibility index (Phi) is 7.85. The molecule has 0 saturated carbocycles. The molecule has 10 rings (SSSR count). The van der Waals surface area contributed by atoms with E-state index in [0.29, 0.717) is 0 Å². The maximum Gasteiger partial charge on any atom is 0.0568 e.